The third-order valence-corrected chi connectivity index (χ3v) is 5.21. The minimum atomic E-state index is -3.89. The molecule has 2 aromatic carbocycles. The number of carbonyl (C=O) groups excluding carboxylic acids is 1. The van der Waals surface area contributed by atoms with Crippen molar-refractivity contribution in [3.8, 4) is 0 Å². The lowest BCUT2D eigenvalue weighted by Gasteiger charge is -2.23. The van der Waals surface area contributed by atoms with E-state index in [0.717, 1.165) is 39.9 Å². The maximum absolute atomic E-state index is 13.5. The number of amides is 1. The summed E-state index contributed by atoms with van der Waals surface area (Å²) in [5.74, 6) is -2.72. The molecule has 27 heavy (non-hydrogen) atoms. The van der Waals surface area contributed by atoms with Crippen LogP contribution in [0.2, 0.25) is 0 Å². The van der Waals surface area contributed by atoms with E-state index in [4.69, 9.17) is 0 Å². The normalized spacial score (nSPS) is 11.5. The minimum Gasteiger partial charge on any atom is -0.324 e. The van der Waals surface area contributed by atoms with Gasteiger partial charge in [-0.15, -0.1) is 0 Å². The molecule has 0 heterocycles. The molecule has 0 spiro atoms. The van der Waals surface area contributed by atoms with Crippen LogP contribution in [0.25, 0.3) is 0 Å². The quantitative estimate of drug-likeness (QED) is 0.808. The summed E-state index contributed by atoms with van der Waals surface area (Å²) < 4.78 is 51.6. The van der Waals surface area contributed by atoms with Gasteiger partial charge in [0.15, 0.2) is 11.6 Å². The maximum Gasteiger partial charge on any atom is 0.245 e. The molecule has 0 unspecified atom stereocenters. The average molecular weight is 396 g/mol. The molecule has 0 bridgehead atoms. The Morgan fingerprint density at radius 3 is 2.37 bits per heavy atom. The van der Waals surface area contributed by atoms with Gasteiger partial charge >= 0.3 is 0 Å². The molecule has 0 fully saturated rings. The number of aryl methyl sites for hydroxylation is 1. The summed E-state index contributed by atoms with van der Waals surface area (Å²) in [6.07, 6.45) is 0.898. The highest BCUT2D eigenvalue weighted by atomic mass is 32.2. The lowest BCUT2D eigenvalue weighted by Crippen LogP contribution is -2.37. The first kappa shape index (κ1) is 20.8. The van der Waals surface area contributed by atoms with E-state index >= 15 is 0 Å². The van der Waals surface area contributed by atoms with Gasteiger partial charge in [-0.1, -0.05) is 32.0 Å². The molecule has 1 amide bonds. The van der Waals surface area contributed by atoms with Crippen molar-refractivity contribution in [1.82, 2.24) is 0 Å². The Labute approximate surface area is 158 Å². The third-order valence-electron chi connectivity index (χ3n) is 4.07. The van der Waals surface area contributed by atoms with E-state index in [1.807, 2.05) is 39.0 Å². The molecule has 0 aliphatic heterocycles. The van der Waals surface area contributed by atoms with Crippen LogP contribution in [0.3, 0.4) is 0 Å². The number of rotatable bonds is 6. The van der Waals surface area contributed by atoms with Gasteiger partial charge in [-0.05, 0) is 36.1 Å². The fourth-order valence-corrected chi connectivity index (χ4v) is 3.54. The summed E-state index contributed by atoms with van der Waals surface area (Å²) in [7, 11) is -3.89. The van der Waals surface area contributed by atoms with Gasteiger partial charge in [-0.2, -0.15) is 0 Å². The highest BCUT2D eigenvalue weighted by Crippen LogP contribution is 2.28. The summed E-state index contributed by atoms with van der Waals surface area (Å²) in [4.78, 5) is 12.5. The van der Waals surface area contributed by atoms with E-state index in [9.17, 15) is 22.0 Å². The molecule has 2 aromatic rings. The lowest BCUT2D eigenvalue weighted by atomic mass is 9.98. The van der Waals surface area contributed by atoms with Crippen molar-refractivity contribution in [3.63, 3.8) is 0 Å². The minimum absolute atomic E-state index is 0.125. The molecule has 0 aromatic heterocycles. The zero-order chi connectivity index (χ0) is 20.4. The predicted octanol–water partition coefficient (Wildman–Crippen LogP) is 3.80. The second-order valence-electron chi connectivity index (χ2n) is 6.61. The van der Waals surface area contributed by atoms with Gasteiger partial charge in [-0.3, -0.25) is 9.10 Å². The van der Waals surface area contributed by atoms with Crippen LogP contribution in [0.1, 0.15) is 30.9 Å². The third kappa shape index (κ3) is 5.03. The van der Waals surface area contributed by atoms with Crippen molar-refractivity contribution in [2.75, 3.05) is 22.4 Å². The van der Waals surface area contributed by atoms with E-state index in [0.29, 0.717) is 5.69 Å². The Morgan fingerprint density at radius 2 is 1.81 bits per heavy atom. The van der Waals surface area contributed by atoms with E-state index in [1.165, 1.54) is 0 Å². The first-order chi connectivity index (χ1) is 12.5. The molecule has 0 radical (unpaired) electrons. The molecule has 0 aliphatic rings. The SMILES string of the molecule is Cc1cccc(C(C)C)c1NC(=O)CN(c1ccc(F)c(F)c1)S(C)(=O)=O. The van der Waals surface area contributed by atoms with Gasteiger partial charge in [0.25, 0.3) is 0 Å². The van der Waals surface area contributed by atoms with Crippen LogP contribution in [0.15, 0.2) is 36.4 Å². The van der Waals surface area contributed by atoms with Crippen LogP contribution in [-0.2, 0) is 14.8 Å². The van der Waals surface area contributed by atoms with Crippen molar-refractivity contribution in [1.29, 1.82) is 0 Å². The van der Waals surface area contributed by atoms with Crippen LogP contribution in [0.4, 0.5) is 20.2 Å². The van der Waals surface area contributed by atoms with Crippen LogP contribution in [-0.4, -0.2) is 27.1 Å². The standard InChI is InChI=1S/C19H22F2N2O3S/c1-12(2)15-7-5-6-13(3)19(15)22-18(24)11-23(27(4,25)26)14-8-9-16(20)17(21)10-14/h5-10,12H,11H2,1-4H3,(H,22,24). The molecule has 0 saturated heterocycles. The zero-order valence-electron chi connectivity index (χ0n) is 15.6. The maximum atomic E-state index is 13.5. The number of nitrogens with one attached hydrogen (secondary N) is 1. The van der Waals surface area contributed by atoms with E-state index in [-0.39, 0.29) is 11.6 Å². The monoisotopic (exact) mass is 396 g/mol. The van der Waals surface area contributed by atoms with Crippen molar-refractivity contribution in [2.45, 2.75) is 26.7 Å². The second-order valence-corrected chi connectivity index (χ2v) is 8.52. The number of sulfonamides is 1. The highest BCUT2D eigenvalue weighted by Gasteiger charge is 2.23. The first-order valence-corrected chi connectivity index (χ1v) is 10.2. The molecular formula is C19H22F2N2O3S. The Balaban J connectivity index is 2.32. The molecule has 5 nitrogen and oxygen atoms in total. The molecule has 0 aliphatic carbocycles. The van der Waals surface area contributed by atoms with Crippen LogP contribution in [0, 0.1) is 18.6 Å². The number of anilines is 2. The van der Waals surface area contributed by atoms with Gasteiger partial charge < -0.3 is 5.32 Å². The Hall–Kier alpha value is -2.48. The molecule has 8 heteroatoms. The number of benzene rings is 2. The number of hydrogen-bond acceptors (Lipinski definition) is 3. The largest absolute Gasteiger partial charge is 0.324 e. The lowest BCUT2D eigenvalue weighted by molar-refractivity contribution is -0.114. The van der Waals surface area contributed by atoms with Crippen LogP contribution >= 0.6 is 0 Å². The summed E-state index contributed by atoms with van der Waals surface area (Å²) >= 11 is 0. The number of para-hydroxylation sites is 1. The Bertz CT molecular complexity index is 959. The number of hydrogen-bond donors (Lipinski definition) is 1. The highest BCUT2D eigenvalue weighted by molar-refractivity contribution is 7.92. The van der Waals surface area contributed by atoms with Crippen LogP contribution in [0.5, 0.6) is 0 Å². The number of nitrogens with zero attached hydrogens (tertiary/aromatic N) is 1. The van der Waals surface area contributed by atoms with E-state index < -0.39 is 34.1 Å². The Morgan fingerprint density at radius 1 is 1.15 bits per heavy atom. The van der Waals surface area contributed by atoms with E-state index in [2.05, 4.69) is 5.32 Å². The summed E-state index contributed by atoms with van der Waals surface area (Å²) in [6, 6.07) is 8.28. The van der Waals surface area contributed by atoms with Crippen LogP contribution < -0.4 is 9.62 Å². The number of halogens is 2. The van der Waals surface area contributed by atoms with Gasteiger partial charge in [-0.25, -0.2) is 17.2 Å². The smallest absolute Gasteiger partial charge is 0.245 e. The predicted molar refractivity (Wildman–Crippen MR) is 102 cm³/mol. The second kappa shape index (κ2) is 8.04. The molecule has 146 valence electrons. The Kier molecular flexibility index (Phi) is 6.20. The van der Waals surface area contributed by atoms with Crippen molar-refractivity contribution >= 4 is 27.3 Å². The van der Waals surface area contributed by atoms with Gasteiger partial charge in [0.1, 0.15) is 6.54 Å². The molecule has 1 N–H and O–H groups in total. The van der Waals surface area contributed by atoms with Gasteiger partial charge in [0.05, 0.1) is 11.9 Å². The zero-order valence-corrected chi connectivity index (χ0v) is 16.4. The average Bonchev–Trinajstić information content (AvgIpc) is 2.56. The first-order valence-electron chi connectivity index (χ1n) is 8.33. The number of carbonyl (C=O) groups is 1. The summed E-state index contributed by atoms with van der Waals surface area (Å²) in [6.45, 7) is 5.24. The molecule has 0 saturated carbocycles. The molecule has 0 atom stereocenters. The summed E-state index contributed by atoms with van der Waals surface area (Å²) in [5, 5.41) is 2.75. The van der Waals surface area contributed by atoms with Crippen molar-refractivity contribution < 1.29 is 22.0 Å². The van der Waals surface area contributed by atoms with Gasteiger partial charge in [0.2, 0.25) is 15.9 Å². The van der Waals surface area contributed by atoms with Gasteiger partial charge in [0, 0.05) is 11.8 Å². The summed E-state index contributed by atoms with van der Waals surface area (Å²) in [5.41, 5.74) is 2.26. The fourth-order valence-electron chi connectivity index (χ4n) is 2.69. The topological polar surface area (TPSA) is 66.5 Å². The van der Waals surface area contributed by atoms with Crippen molar-refractivity contribution in [2.24, 2.45) is 0 Å². The fraction of sp³-hybridized carbons (Fsp3) is 0.316. The van der Waals surface area contributed by atoms with E-state index in [1.54, 1.807) is 0 Å². The van der Waals surface area contributed by atoms with Crippen molar-refractivity contribution in [3.05, 3.63) is 59.2 Å². The molecule has 2 rings (SSSR count). The molecular weight excluding hydrogens is 374 g/mol.